The second-order valence-electron chi connectivity index (χ2n) is 7.06. The van der Waals surface area contributed by atoms with Crippen LogP contribution in [0.25, 0.3) is 0 Å². The van der Waals surface area contributed by atoms with Crippen LogP contribution in [0.5, 0.6) is 0 Å². The van der Waals surface area contributed by atoms with Crippen molar-refractivity contribution < 1.29 is 4.79 Å². The number of aryl methyl sites for hydroxylation is 2. The lowest BCUT2D eigenvalue weighted by Gasteiger charge is -2.30. The second-order valence-corrected chi connectivity index (χ2v) is 7.06. The molecular formula is C19H33N5O. The van der Waals surface area contributed by atoms with Gasteiger partial charge in [-0.3, -0.25) is 14.4 Å². The molecule has 0 aliphatic carbocycles. The minimum absolute atomic E-state index is 0.0797. The molecule has 0 aromatic carbocycles. The molecule has 1 rings (SSSR count). The van der Waals surface area contributed by atoms with Gasteiger partial charge in [0.2, 0.25) is 5.91 Å². The first-order valence-corrected chi connectivity index (χ1v) is 9.20. The number of carbonyl (C=O) groups excluding carboxylic acids is 1. The number of aromatic nitrogens is 2. The molecule has 0 spiro atoms. The van der Waals surface area contributed by atoms with Crippen molar-refractivity contribution in [1.29, 1.82) is 5.26 Å². The molecule has 1 aromatic rings. The molecule has 0 aliphatic heterocycles. The van der Waals surface area contributed by atoms with E-state index in [-0.39, 0.29) is 5.91 Å². The summed E-state index contributed by atoms with van der Waals surface area (Å²) in [5.74, 6) is 0.0797. The van der Waals surface area contributed by atoms with E-state index in [0.717, 1.165) is 23.5 Å². The normalized spacial score (nSPS) is 11.4. The summed E-state index contributed by atoms with van der Waals surface area (Å²) in [6.07, 6.45) is 1.60. The highest BCUT2D eigenvalue weighted by molar-refractivity contribution is 5.76. The predicted molar refractivity (Wildman–Crippen MR) is 100 cm³/mol. The van der Waals surface area contributed by atoms with E-state index >= 15 is 0 Å². The molecule has 6 nitrogen and oxygen atoms in total. The van der Waals surface area contributed by atoms with Crippen molar-refractivity contribution in [3.05, 3.63) is 17.0 Å². The average Bonchev–Trinajstić information content (AvgIpc) is 2.80. The summed E-state index contributed by atoms with van der Waals surface area (Å²) in [7, 11) is 0. The maximum absolute atomic E-state index is 12.1. The number of rotatable bonds is 10. The zero-order chi connectivity index (χ0) is 19.0. The molecule has 0 radical (unpaired) electrons. The van der Waals surface area contributed by atoms with Crippen LogP contribution >= 0.6 is 0 Å². The summed E-state index contributed by atoms with van der Waals surface area (Å²) in [5.41, 5.74) is 3.14. The van der Waals surface area contributed by atoms with Gasteiger partial charge in [-0.15, -0.1) is 0 Å². The van der Waals surface area contributed by atoms with Crippen molar-refractivity contribution in [1.82, 2.24) is 20.0 Å². The van der Waals surface area contributed by atoms with E-state index in [2.05, 4.69) is 49.1 Å². The molecule has 0 unspecified atom stereocenters. The topological polar surface area (TPSA) is 73.9 Å². The SMILES string of the molecule is Cc1nn(CCC#N)c(C)c1CCC(=O)NCCN(C(C)C)C(C)C. The molecule has 25 heavy (non-hydrogen) atoms. The molecule has 1 heterocycles. The van der Waals surface area contributed by atoms with E-state index in [1.807, 2.05) is 18.5 Å². The Kier molecular flexibility index (Phi) is 8.64. The molecule has 1 N–H and O–H groups in total. The third-order valence-corrected chi connectivity index (χ3v) is 4.59. The zero-order valence-electron chi connectivity index (χ0n) is 16.6. The van der Waals surface area contributed by atoms with Crippen LogP contribution in [0.4, 0.5) is 0 Å². The van der Waals surface area contributed by atoms with Crippen molar-refractivity contribution in [2.75, 3.05) is 13.1 Å². The van der Waals surface area contributed by atoms with Crippen LogP contribution < -0.4 is 5.32 Å². The number of hydrogen-bond donors (Lipinski definition) is 1. The smallest absolute Gasteiger partial charge is 0.220 e. The maximum Gasteiger partial charge on any atom is 0.220 e. The molecule has 0 saturated heterocycles. The number of hydrogen-bond acceptors (Lipinski definition) is 4. The Hall–Kier alpha value is -1.87. The van der Waals surface area contributed by atoms with Gasteiger partial charge in [0.15, 0.2) is 0 Å². The lowest BCUT2D eigenvalue weighted by Crippen LogP contribution is -2.42. The first-order valence-electron chi connectivity index (χ1n) is 9.20. The quantitative estimate of drug-likeness (QED) is 0.706. The van der Waals surface area contributed by atoms with Crippen LogP contribution in [-0.4, -0.2) is 45.8 Å². The molecule has 0 aliphatic rings. The Morgan fingerprint density at radius 1 is 1.28 bits per heavy atom. The fourth-order valence-corrected chi connectivity index (χ4v) is 3.23. The monoisotopic (exact) mass is 347 g/mol. The van der Waals surface area contributed by atoms with Crippen LogP contribution in [0.3, 0.4) is 0 Å². The molecule has 140 valence electrons. The highest BCUT2D eigenvalue weighted by Gasteiger charge is 2.15. The summed E-state index contributed by atoms with van der Waals surface area (Å²) in [6, 6.07) is 3.09. The predicted octanol–water partition coefficient (Wildman–Crippen LogP) is 2.58. The molecular weight excluding hydrogens is 314 g/mol. The van der Waals surface area contributed by atoms with Gasteiger partial charge in [-0.05, 0) is 53.5 Å². The molecule has 0 atom stereocenters. The number of carbonyl (C=O) groups is 1. The van der Waals surface area contributed by atoms with Crippen molar-refractivity contribution >= 4 is 5.91 Å². The fraction of sp³-hybridized carbons (Fsp3) is 0.737. The number of nitriles is 1. The minimum Gasteiger partial charge on any atom is -0.355 e. The van der Waals surface area contributed by atoms with E-state index < -0.39 is 0 Å². The maximum atomic E-state index is 12.1. The van der Waals surface area contributed by atoms with Gasteiger partial charge >= 0.3 is 0 Å². The first-order chi connectivity index (χ1) is 11.8. The van der Waals surface area contributed by atoms with Crippen LogP contribution in [-0.2, 0) is 17.8 Å². The van der Waals surface area contributed by atoms with Gasteiger partial charge in [-0.2, -0.15) is 10.4 Å². The van der Waals surface area contributed by atoms with E-state index in [1.165, 1.54) is 0 Å². The molecule has 1 aromatic heterocycles. The van der Waals surface area contributed by atoms with Crippen molar-refractivity contribution in [2.24, 2.45) is 0 Å². The number of amides is 1. The van der Waals surface area contributed by atoms with Gasteiger partial charge < -0.3 is 5.32 Å². The third kappa shape index (κ3) is 6.50. The summed E-state index contributed by atoms with van der Waals surface area (Å²) >= 11 is 0. The van der Waals surface area contributed by atoms with Gasteiger partial charge in [-0.25, -0.2) is 0 Å². The van der Waals surface area contributed by atoms with Crippen LogP contribution in [0.15, 0.2) is 0 Å². The number of nitrogens with one attached hydrogen (secondary N) is 1. The lowest BCUT2D eigenvalue weighted by molar-refractivity contribution is -0.121. The van der Waals surface area contributed by atoms with Crippen LogP contribution in [0.2, 0.25) is 0 Å². The fourth-order valence-electron chi connectivity index (χ4n) is 3.23. The van der Waals surface area contributed by atoms with E-state index in [4.69, 9.17) is 5.26 Å². The molecule has 0 saturated carbocycles. The molecule has 1 amide bonds. The van der Waals surface area contributed by atoms with Gasteiger partial charge in [0, 0.05) is 37.3 Å². The average molecular weight is 348 g/mol. The van der Waals surface area contributed by atoms with E-state index in [9.17, 15) is 4.79 Å². The molecule has 0 bridgehead atoms. The largest absolute Gasteiger partial charge is 0.355 e. The summed E-state index contributed by atoms with van der Waals surface area (Å²) in [6.45, 7) is 14.8. The molecule has 0 fully saturated rings. The minimum atomic E-state index is 0.0797. The standard InChI is InChI=1S/C19H33N5O/c1-14(2)23(15(3)4)13-11-21-19(25)9-8-18-16(5)22-24(17(18)6)12-7-10-20/h14-15H,7-9,11-13H2,1-6H3,(H,21,25). The Morgan fingerprint density at radius 2 is 1.92 bits per heavy atom. The first kappa shape index (κ1) is 21.2. The van der Waals surface area contributed by atoms with Gasteiger partial charge in [0.05, 0.1) is 24.7 Å². The summed E-state index contributed by atoms with van der Waals surface area (Å²) in [4.78, 5) is 14.5. The van der Waals surface area contributed by atoms with E-state index in [1.54, 1.807) is 0 Å². The molecule has 6 heteroatoms. The highest BCUT2D eigenvalue weighted by atomic mass is 16.1. The Balaban J connectivity index is 2.47. The van der Waals surface area contributed by atoms with E-state index in [0.29, 0.717) is 44.4 Å². The van der Waals surface area contributed by atoms with Crippen LogP contribution in [0.1, 0.15) is 57.5 Å². The Labute approximate surface area is 152 Å². The van der Waals surface area contributed by atoms with Crippen molar-refractivity contribution in [3.8, 4) is 6.07 Å². The zero-order valence-corrected chi connectivity index (χ0v) is 16.6. The van der Waals surface area contributed by atoms with Crippen molar-refractivity contribution in [3.63, 3.8) is 0 Å². The summed E-state index contributed by atoms with van der Waals surface area (Å²) < 4.78 is 1.87. The van der Waals surface area contributed by atoms with Gasteiger partial charge in [0.1, 0.15) is 0 Å². The summed E-state index contributed by atoms with van der Waals surface area (Å²) in [5, 5.41) is 16.2. The Bertz CT molecular complexity index is 590. The van der Waals surface area contributed by atoms with Gasteiger partial charge in [0.25, 0.3) is 0 Å². The van der Waals surface area contributed by atoms with Crippen molar-refractivity contribution in [2.45, 2.75) is 79.4 Å². The van der Waals surface area contributed by atoms with Gasteiger partial charge in [-0.1, -0.05) is 0 Å². The van der Waals surface area contributed by atoms with Crippen LogP contribution in [0, 0.1) is 25.2 Å². The third-order valence-electron chi connectivity index (χ3n) is 4.59. The second kappa shape index (κ2) is 10.2. The highest BCUT2D eigenvalue weighted by Crippen LogP contribution is 2.15. The Morgan fingerprint density at radius 3 is 2.48 bits per heavy atom. The lowest BCUT2D eigenvalue weighted by atomic mass is 10.1. The number of nitrogens with zero attached hydrogens (tertiary/aromatic N) is 4.